The van der Waals surface area contributed by atoms with Crippen molar-refractivity contribution in [1.82, 2.24) is 15.2 Å². The van der Waals surface area contributed by atoms with Crippen molar-refractivity contribution >= 4 is 41.5 Å². The van der Waals surface area contributed by atoms with E-state index in [9.17, 15) is 14.4 Å². The van der Waals surface area contributed by atoms with E-state index in [1.165, 1.54) is 6.08 Å². The van der Waals surface area contributed by atoms with E-state index in [1.54, 1.807) is 12.3 Å². The van der Waals surface area contributed by atoms with Gasteiger partial charge in [0.2, 0.25) is 5.91 Å². The van der Waals surface area contributed by atoms with Crippen molar-refractivity contribution in [3.63, 3.8) is 0 Å². The molecule has 0 radical (unpaired) electrons. The molecule has 1 aliphatic carbocycles. The Morgan fingerprint density at radius 2 is 1.94 bits per heavy atom. The van der Waals surface area contributed by atoms with Crippen molar-refractivity contribution in [1.29, 1.82) is 0 Å². The molecule has 1 saturated carbocycles. The zero-order valence-electron chi connectivity index (χ0n) is 20.6. The van der Waals surface area contributed by atoms with Crippen LogP contribution in [0, 0.1) is 11.8 Å². The Kier molecular flexibility index (Phi) is 8.99. The van der Waals surface area contributed by atoms with Crippen molar-refractivity contribution in [2.75, 3.05) is 25.0 Å². The summed E-state index contributed by atoms with van der Waals surface area (Å²) in [6.45, 7) is 7.37. The first-order chi connectivity index (χ1) is 16.5. The number of aliphatic carboxylic acids is 1. The number of ether oxygens (including phenoxy) is 1. The van der Waals surface area contributed by atoms with Crippen molar-refractivity contribution in [3.05, 3.63) is 28.9 Å². The fourth-order valence-electron chi connectivity index (χ4n) is 4.50. The Labute approximate surface area is 211 Å². The molecule has 10 heteroatoms. The zero-order valence-corrected chi connectivity index (χ0v) is 21.3. The van der Waals surface area contributed by atoms with E-state index < -0.39 is 17.7 Å². The summed E-state index contributed by atoms with van der Waals surface area (Å²) in [5.74, 6) is 0.0668. The molecule has 0 spiro atoms. The number of pyridine rings is 1. The molecule has 3 N–H and O–H groups in total. The lowest BCUT2D eigenvalue weighted by atomic mass is 9.81. The van der Waals surface area contributed by atoms with Gasteiger partial charge in [0.05, 0.1) is 5.02 Å². The third kappa shape index (κ3) is 8.42. The van der Waals surface area contributed by atoms with Crippen LogP contribution in [0.5, 0.6) is 0 Å². The van der Waals surface area contributed by atoms with Crippen molar-refractivity contribution in [2.45, 2.75) is 64.5 Å². The molecular formula is C25H35ClN4O5. The van der Waals surface area contributed by atoms with E-state index in [0.29, 0.717) is 42.0 Å². The second-order valence-corrected chi connectivity index (χ2v) is 10.7. The maximum atomic E-state index is 13.1. The number of carboxylic acid groups (broad SMARTS) is 1. The topological polar surface area (TPSA) is 121 Å². The van der Waals surface area contributed by atoms with Crippen LogP contribution in [0.15, 0.2) is 18.3 Å². The average molecular weight is 507 g/mol. The Balaban J connectivity index is 1.42. The fraction of sp³-hybridized carbons (Fsp3) is 0.600. The lowest BCUT2D eigenvalue weighted by Gasteiger charge is -2.31. The molecule has 35 heavy (non-hydrogen) atoms. The summed E-state index contributed by atoms with van der Waals surface area (Å²) in [5.41, 5.74) is 0.0869. The van der Waals surface area contributed by atoms with Gasteiger partial charge in [-0.3, -0.25) is 4.79 Å². The molecule has 192 valence electrons. The third-order valence-electron chi connectivity index (χ3n) is 6.25. The van der Waals surface area contributed by atoms with Gasteiger partial charge in [0.25, 0.3) is 0 Å². The maximum absolute atomic E-state index is 13.1. The van der Waals surface area contributed by atoms with Gasteiger partial charge >= 0.3 is 12.1 Å². The molecule has 0 bridgehead atoms. The molecule has 1 saturated heterocycles. The van der Waals surface area contributed by atoms with Crippen LogP contribution in [0.2, 0.25) is 5.02 Å². The first-order valence-electron chi connectivity index (χ1n) is 12.1. The van der Waals surface area contributed by atoms with Crippen LogP contribution < -0.4 is 10.6 Å². The van der Waals surface area contributed by atoms with Crippen LogP contribution in [0.4, 0.5) is 10.6 Å². The molecule has 1 aromatic heterocycles. The highest BCUT2D eigenvalue weighted by atomic mass is 35.5. The quantitative estimate of drug-likeness (QED) is 0.474. The molecule has 1 aliphatic heterocycles. The third-order valence-corrected chi connectivity index (χ3v) is 6.54. The van der Waals surface area contributed by atoms with Crippen molar-refractivity contribution < 1.29 is 24.2 Å². The number of likely N-dealkylation sites (tertiary alicyclic amines) is 1. The molecule has 2 aliphatic rings. The van der Waals surface area contributed by atoms with Gasteiger partial charge in [0, 0.05) is 43.9 Å². The van der Waals surface area contributed by atoms with Gasteiger partial charge in [-0.05, 0) is 76.5 Å². The number of nitrogens with one attached hydrogen (secondary N) is 2. The summed E-state index contributed by atoms with van der Waals surface area (Å²) in [4.78, 5) is 41.8. The van der Waals surface area contributed by atoms with Crippen LogP contribution >= 0.6 is 11.6 Å². The van der Waals surface area contributed by atoms with E-state index >= 15 is 0 Å². The summed E-state index contributed by atoms with van der Waals surface area (Å²) in [6.07, 6.45) is 7.90. The smallest absolute Gasteiger partial charge is 0.407 e. The number of carbonyl (C=O) groups excluding carboxylic acids is 2. The standard InChI is InChI=1S/C25H35ClN4O5/c1-25(2,3)35-24(34)28-13-16-4-7-18(8-5-16)23(33)30-11-10-19(15-30)29-22-20(26)12-17(14-27-22)6-9-21(31)32/h6,9,12,14,16,18-19H,4-5,7-8,10-11,13,15H2,1-3H3,(H,27,29)(H,28,34)(H,31,32)/b9-6+. The molecule has 1 unspecified atom stereocenters. The second kappa shape index (κ2) is 11.7. The minimum atomic E-state index is -1.04. The number of nitrogens with zero attached hydrogens (tertiary/aromatic N) is 2. The van der Waals surface area contributed by atoms with Gasteiger partial charge in [-0.15, -0.1) is 0 Å². The molecule has 1 aromatic rings. The molecular weight excluding hydrogens is 472 g/mol. The van der Waals surface area contributed by atoms with E-state index in [0.717, 1.165) is 38.2 Å². The Morgan fingerprint density at radius 1 is 1.23 bits per heavy atom. The Bertz CT molecular complexity index is 954. The second-order valence-electron chi connectivity index (χ2n) is 10.3. The minimum Gasteiger partial charge on any atom is -0.478 e. The first kappa shape index (κ1) is 26.8. The lowest BCUT2D eigenvalue weighted by Crippen LogP contribution is -2.39. The summed E-state index contributed by atoms with van der Waals surface area (Å²) >= 11 is 6.31. The largest absolute Gasteiger partial charge is 0.478 e. The number of carboxylic acids is 1. The number of hydrogen-bond donors (Lipinski definition) is 3. The monoisotopic (exact) mass is 506 g/mol. The molecule has 9 nitrogen and oxygen atoms in total. The fourth-order valence-corrected chi connectivity index (χ4v) is 4.73. The predicted molar refractivity (Wildman–Crippen MR) is 134 cm³/mol. The Morgan fingerprint density at radius 3 is 2.57 bits per heavy atom. The van der Waals surface area contributed by atoms with Gasteiger partial charge in [0.1, 0.15) is 11.4 Å². The van der Waals surface area contributed by atoms with E-state index in [1.807, 2.05) is 25.7 Å². The molecule has 2 amide bonds. The van der Waals surface area contributed by atoms with Crippen LogP contribution in [0.25, 0.3) is 6.08 Å². The number of anilines is 1. The van der Waals surface area contributed by atoms with Crippen molar-refractivity contribution in [3.8, 4) is 0 Å². The number of rotatable bonds is 7. The zero-order chi connectivity index (χ0) is 25.6. The summed E-state index contributed by atoms with van der Waals surface area (Å²) < 4.78 is 5.29. The highest BCUT2D eigenvalue weighted by molar-refractivity contribution is 6.33. The van der Waals surface area contributed by atoms with Gasteiger partial charge < -0.3 is 25.4 Å². The summed E-state index contributed by atoms with van der Waals surface area (Å²) in [6, 6.07) is 1.71. The molecule has 3 rings (SSSR count). The molecule has 1 atom stereocenters. The van der Waals surface area contributed by atoms with Gasteiger partial charge in [0.15, 0.2) is 0 Å². The SMILES string of the molecule is CC(C)(C)OC(=O)NCC1CCC(C(=O)N2CCC(Nc3ncc(/C=C/C(=O)O)cc3Cl)C2)CC1. The van der Waals surface area contributed by atoms with E-state index in [4.69, 9.17) is 21.4 Å². The molecule has 2 fully saturated rings. The van der Waals surface area contributed by atoms with Gasteiger partial charge in [-0.1, -0.05) is 11.6 Å². The first-order valence-corrected chi connectivity index (χ1v) is 12.5. The van der Waals surface area contributed by atoms with Crippen LogP contribution in [-0.2, 0) is 14.3 Å². The number of amides is 2. The number of halogens is 1. The van der Waals surface area contributed by atoms with Gasteiger partial charge in [-0.25, -0.2) is 14.6 Å². The number of carbonyl (C=O) groups is 3. The number of hydrogen-bond acceptors (Lipinski definition) is 6. The van der Waals surface area contributed by atoms with Crippen LogP contribution in [-0.4, -0.2) is 64.2 Å². The van der Waals surface area contributed by atoms with Crippen molar-refractivity contribution in [2.24, 2.45) is 11.8 Å². The summed E-state index contributed by atoms with van der Waals surface area (Å²) in [5, 5.41) is 15.3. The minimum absolute atomic E-state index is 0.0218. The highest BCUT2D eigenvalue weighted by Crippen LogP contribution is 2.31. The van der Waals surface area contributed by atoms with Gasteiger partial charge in [-0.2, -0.15) is 0 Å². The van der Waals surface area contributed by atoms with Crippen LogP contribution in [0.1, 0.15) is 58.4 Å². The normalized spacial score (nSPS) is 22.7. The lowest BCUT2D eigenvalue weighted by molar-refractivity contribution is -0.135. The molecule has 0 aromatic carbocycles. The maximum Gasteiger partial charge on any atom is 0.407 e. The van der Waals surface area contributed by atoms with E-state index in [-0.39, 0.29) is 17.9 Å². The average Bonchev–Trinajstić information content (AvgIpc) is 3.25. The number of alkyl carbamates (subject to hydrolysis) is 1. The summed E-state index contributed by atoms with van der Waals surface area (Å²) in [7, 11) is 0. The predicted octanol–water partition coefficient (Wildman–Crippen LogP) is 4.18. The van der Waals surface area contributed by atoms with Crippen LogP contribution in [0.3, 0.4) is 0 Å². The highest BCUT2D eigenvalue weighted by Gasteiger charge is 2.33. The molecule has 2 heterocycles. The Hall–Kier alpha value is -2.81. The number of aromatic nitrogens is 1. The van der Waals surface area contributed by atoms with E-state index in [2.05, 4.69) is 15.6 Å².